The first kappa shape index (κ1) is 10.3. The molecule has 6 heteroatoms. The molecule has 0 aromatic carbocycles. The Hall–Kier alpha value is -2.24. The van der Waals surface area contributed by atoms with Gasteiger partial charge in [0.15, 0.2) is 0 Å². The summed E-state index contributed by atoms with van der Waals surface area (Å²) in [7, 11) is 1.25. The molecule has 0 amide bonds. The lowest BCUT2D eigenvalue weighted by Gasteiger charge is -1.97. The number of hydrogen-bond donors (Lipinski definition) is 0. The lowest BCUT2D eigenvalue weighted by molar-refractivity contribution is 0.0556. The Kier molecular flexibility index (Phi) is 2.63. The molecule has 0 bridgehead atoms. The molecule has 0 N–H and O–H groups in total. The maximum Gasteiger partial charge on any atom is 0.396 e. The average molecular weight is 219 g/mol. The molecule has 0 atom stereocenters. The number of pyridine rings is 1. The first-order chi connectivity index (χ1) is 7.72. The Morgan fingerprint density at radius 2 is 2.25 bits per heavy atom. The predicted molar refractivity (Wildman–Crippen MR) is 53.6 cm³/mol. The largest absolute Gasteiger partial charge is 0.462 e. The third kappa shape index (κ3) is 1.77. The van der Waals surface area contributed by atoms with Crippen LogP contribution in [0.15, 0.2) is 22.7 Å². The van der Waals surface area contributed by atoms with E-state index in [0.29, 0.717) is 5.69 Å². The molecule has 0 saturated heterocycles. The van der Waals surface area contributed by atoms with Crippen LogP contribution in [0.25, 0.3) is 11.6 Å². The van der Waals surface area contributed by atoms with E-state index in [0.717, 1.165) is 5.56 Å². The maximum atomic E-state index is 11.1. The number of aryl methyl sites for hydroxylation is 1. The van der Waals surface area contributed by atoms with Crippen LogP contribution in [0.2, 0.25) is 0 Å². The van der Waals surface area contributed by atoms with Crippen LogP contribution in [0.1, 0.15) is 16.2 Å². The zero-order chi connectivity index (χ0) is 11.5. The second-order valence-electron chi connectivity index (χ2n) is 3.07. The van der Waals surface area contributed by atoms with E-state index in [1.165, 1.54) is 7.11 Å². The summed E-state index contributed by atoms with van der Waals surface area (Å²) >= 11 is 0. The van der Waals surface area contributed by atoms with Crippen LogP contribution in [0.4, 0.5) is 0 Å². The van der Waals surface area contributed by atoms with E-state index in [4.69, 9.17) is 4.42 Å². The average Bonchev–Trinajstić information content (AvgIpc) is 2.78. The van der Waals surface area contributed by atoms with Gasteiger partial charge in [0, 0.05) is 6.20 Å². The Bertz CT molecular complexity index is 522. The minimum absolute atomic E-state index is 0.178. The summed E-state index contributed by atoms with van der Waals surface area (Å²) in [4.78, 5) is 15.2. The van der Waals surface area contributed by atoms with Crippen molar-refractivity contribution in [1.29, 1.82) is 0 Å². The zero-order valence-corrected chi connectivity index (χ0v) is 8.80. The number of ether oxygens (including phenoxy) is 1. The normalized spacial score (nSPS) is 10.1. The fourth-order valence-corrected chi connectivity index (χ4v) is 1.20. The molecule has 0 aliphatic carbocycles. The van der Waals surface area contributed by atoms with Crippen LogP contribution in [0.3, 0.4) is 0 Å². The topological polar surface area (TPSA) is 78.1 Å². The lowest BCUT2D eigenvalue weighted by atomic mass is 10.2. The monoisotopic (exact) mass is 219 g/mol. The summed E-state index contributed by atoms with van der Waals surface area (Å²) in [5, 5.41) is 7.31. The van der Waals surface area contributed by atoms with Crippen molar-refractivity contribution in [3.8, 4) is 11.6 Å². The highest BCUT2D eigenvalue weighted by Crippen LogP contribution is 2.18. The van der Waals surface area contributed by atoms with E-state index < -0.39 is 5.97 Å². The van der Waals surface area contributed by atoms with Crippen LogP contribution >= 0.6 is 0 Å². The number of rotatable bonds is 2. The lowest BCUT2D eigenvalue weighted by Crippen LogP contribution is -2.00. The molecule has 16 heavy (non-hydrogen) atoms. The molecular weight excluding hydrogens is 210 g/mol. The van der Waals surface area contributed by atoms with Crippen molar-refractivity contribution in [2.75, 3.05) is 7.11 Å². The summed E-state index contributed by atoms with van der Waals surface area (Å²) in [5.74, 6) is -0.631. The molecule has 2 aromatic rings. The first-order valence-electron chi connectivity index (χ1n) is 4.56. The van der Waals surface area contributed by atoms with Gasteiger partial charge < -0.3 is 9.15 Å². The quantitative estimate of drug-likeness (QED) is 0.707. The van der Waals surface area contributed by atoms with Crippen molar-refractivity contribution in [3.05, 3.63) is 29.8 Å². The van der Waals surface area contributed by atoms with Gasteiger partial charge in [0.05, 0.1) is 7.11 Å². The van der Waals surface area contributed by atoms with Crippen molar-refractivity contribution in [3.63, 3.8) is 0 Å². The van der Waals surface area contributed by atoms with Crippen LogP contribution in [0.5, 0.6) is 0 Å². The summed E-state index contributed by atoms with van der Waals surface area (Å²) in [6.45, 7) is 1.87. The van der Waals surface area contributed by atoms with Crippen molar-refractivity contribution in [2.24, 2.45) is 0 Å². The van der Waals surface area contributed by atoms with Gasteiger partial charge >= 0.3 is 11.9 Å². The fourth-order valence-electron chi connectivity index (χ4n) is 1.20. The molecule has 0 aliphatic heterocycles. The maximum absolute atomic E-state index is 11.1. The molecule has 0 fully saturated rings. The highest BCUT2D eigenvalue weighted by molar-refractivity contribution is 5.84. The van der Waals surface area contributed by atoms with Crippen LogP contribution in [0, 0.1) is 6.92 Å². The molecular formula is C10H9N3O3. The van der Waals surface area contributed by atoms with Crippen LogP contribution < -0.4 is 0 Å². The number of methoxy groups -OCH3 is 1. The number of carbonyl (C=O) groups excluding carboxylic acids is 1. The number of esters is 1. The smallest absolute Gasteiger partial charge is 0.396 e. The minimum atomic E-state index is -0.660. The van der Waals surface area contributed by atoms with Crippen LogP contribution in [-0.2, 0) is 4.74 Å². The zero-order valence-electron chi connectivity index (χ0n) is 8.80. The van der Waals surface area contributed by atoms with E-state index in [-0.39, 0.29) is 11.8 Å². The highest BCUT2D eigenvalue weighted by Gasteiger charge is 2.17. The fraction of sp³-hybridized carbons (Fsp3) is 0.200. The Morgan fingerprint density at radius 1 is 1.44 bits per heavy atom. The van der Waals surface area contributed by atoms with E-state index in [2.05, 4.69) is 19.9 Å². The van der Waals surface area contributed by atoms with Gasteiger partial charge in [-0.25, -0.2) is 4.79 Å². The van der Waals surface area contributed by atoms with Gasteiger partial charge in [-0.15, -0.1) is 10.2 Å². The summed E-state index contributed by atoms with van der Waals surface area (Å²) in [6.07, 6.45) is 1.62. The molecule has 2 aromatic heterocycles. The van der Waals surface area contributed by atoms with Crippen LogP contribution in [-0.4, -0.2) is 28.3 Å². The number of hydrogen-bond acceptors (Lipinski definition) is 6. The van der Waals surface area contributed by atoms with Gasteiger partial charge in [-0.1, -0.05) is 6.07 Å². The summed E-state index contributed by atoms with van der Waals surface area (Å²) < 4.78 is 9.60. The SMILES string of the molecule is COC(=O)c1nnc(-c2ncccc2C)o1. The minimum Gasteiger partial charge on any atom is -0.462 e. The van der Waals surface area contributed by atoms with Crippen molar-refractivity contribution >= 4 is 5.97 Å². The molecule has 0 unspecified atom stereocenters. The van der Waals surface area contributed by atoms with Gasteiger partial charge in [0.2, 0.25) is 0 Å². The molecule has 2 heterocycles. The Balaban J connectivity index is 2.39. The standard InChI is InChI=1S/C10H9N3O3/c1-6-4-3-5-11-7(6)8-12-13-9(16-8)10(14)15-2/h3-5H,1-2H3. The third-order valence-electron chi connectivity index (χ3n) is 2.00. The molecule has 6 nitrogen and oxygen atoms in total. The van der Waals surface area contributed by atoms with E-state index in [1.807, 2.05) is 13.0 Å². The van der Waals surface area contributed by atoms with Gasteiger partial charge in [0.1, 0.15) is 5.69 Å². The van der Waals surface area contributed by atoms with Crippen molar-refractivity contribution in [2.45, 2.75) is 6.92 Å². The Labute approximate surface area is 91.3 Å². The first-order valence-corrected chi connectivity index (χ1v) is 4.56. The number of aromatic nitrogens is 3. The third-order valence-corrected chi connectivity index (χ3v) is 2.00. The molecule has 2 rings (SSSR count). The van der Waals surface area contributed by atoms with E-state index in [9.17, 15) is 4.79 Å². The highest BCUT2D eigenvalue weighted by atomic mass is 16.5. The van der Waals surface area contributed by atoms with E-state index >= 15 is 0 Å². The van der Waals surface area contributed by atoms with Gasteiger partial charge in [-0.2, -0.15) is 0 Å². The molecule has 0 aliphatic rings. The molecule has 0 radical (unpaired) electrons. The molecule has 0 spiro atoms. The van der Waals surface area contributed by atoms with Crippen molar-refractivity contribution in [1.82, 2.24) is 15.2 Å². The predicted octanol–water partition coefficient (Wildman–Crippen LogP) is 1.23. The molecule has 0 saturated carbocycles. The Morgan fingerprint density at radius 3 is 2.94 bits per heavy atom. The van der Waals surface area contributed by atoms with Gasteiger partial charge in [-0.3, -0.25) is 4.98 Å². The second kappa shape index (κ2) is 4.09. The van der Waals surface area contributed by atoms with Gasteiger partial charge in [-0.05, 0) is 18.6 Å². The second-order valence-corrected chi connectivity index (χ2v) is 3.07. The molecule has 82 valence electrons. The van der Waals surface area contributed by atoms with E-state index in [1.54, 1.807) is 12.3 Å². The number of carbonyl (C=O) groups is 1. The summed E-state index contributed by atoms with van der Waals surface area (Å²) in [5.41, 5.74) is 1.45. The number of nitrogens with zero attached hydrogens (tertiary/aromatic N) is 3. The summed E-state index contributed by atoms with van der Waals surface area (Å²) in [6, 6.07) is 3.67. The van der Waals surface area contributed by atoms with Gasteiger partial charge in [0.25, 0.3) is 5.89 Å². The van der Waals surface area contributed by atoms with Crippen molar-refractivity contribution < 1.29 is 13.9 Å².